The number of ether oxygens (including phenoxy) is 1. The molecule has 2 atom stereocenters. The molecule has 2 nitrogen and oxygen atoms in total. The van der Waals surface area contributed by atoms with E-state index in [1.165, 1.54) is 30.8 Å². The van der Waals surface area contributed by atoms with Crippen LogP contribution in [-0.4, -0.2) is 37.3 Å². The van der Waals surface area contributed by atoms with Gasteiger partial charge < -0.3 is 10.1 Å². The van der Waals surface area contributed by atoms with Crippen LogP contribution in [-0.2, 0) is 4.74 Å². The molecule has 0 aromatic carbocycles. The first-order chi connectivity index (χ1) is 7.33. The molecule has 0 amide bonds. The second-order valence-electron chi connectivity index (χ2n) is 4.38. The third-order valence-corrected chi connectivity index (χ3v) is 3.84. The minimum absolute atomic E-state index is 0.658. The van der Waals surface area contributed by atoms with E-state index in [9.17, 15) is 0 Å². The second kappa shape index (κ2) is 8.43. The van der Waals surface area contributed by atoms with Crippen molar-refractivity contribution >= 4 is 11.8 Å². The Morgan fingerprint density at radius 1 is 1.53 bits per heavy atom. The summed E-state index contributed by atoms with van der Waals surface area (Å²) in [6, 6.07) is 0.658. The maximum atomic E-state index is 5.47. The third kappa shape index (κ3) is 6.44. The number of hydrogen-bond acceptors (Lipinski definition) is 3. The summed E-state index contributed by atoms with van der Waals surface area (Å²) in [5.74, 6) is 3.27. The van der Waals surface area contributed by atoms with E-state index in [0.717, 1.165) is 25.7 Å². The van der Waals surface area contributed by atoms with Crippen molar-refractivity contribution in [1.82, 2.24) is 5.32 Å². The zero-order chi connectivity index (χ0) is 10.9. The normalized spacial score (nSPS) is 24.0. The Hall–Kier alpha value is 0.270. The molecular formula is C12H25NOS. The van der Waals surface area contributed by atoms with Crippen molar-refractivity contribution in [3.63, 3.8) is 0 Å². The molecule has 0 spiro atoms. The van der Waals surface area contributed by atoms with Crippen LogP contribution in [0.2, 0.25) is 0 Å². The largest absolute Gasteiger partial charge is 0.381 e. The standard InChI is InChI=1S/C12H25NOS/c1-3-15-8-6-11(2)13-9-12-5-4-7-14-10-12/h11-13H,3-10H2,1-2H3. The van der Waals surface area contributed by atoms with E-state index in [2.05, 4.69) is 19.2 Å². The first kappa shape index (κ1) is 13.3. The van der Waals surface area contributed by atoms with Crippen LogP contribution in [0, 0.1) is 5.92 Å². The monoisotopic (exact) mass is 231 g/mol. The molecule has 1 fully saturated rings. The van der Waals surface area contributed by atoms with Gasteiger partial charge in [0.1, 0.15) is 0 Å². The molecule has 0 aliphatic carbocycles. The summed E-state index contributed by atoms with van der Waals surface area (Å²) in [4.78, 5) is 0. The average Bonchev–Trinajstić information content (AvgIpc) is 2.28. The van der Waals surface area contributed by atoms with E-state index in [-0.39, 0.29) is 0 Å². The maximum absolute atomic E-state index is 5.47. The zero-order valence-corrected chi connectivity index (χ0v) is 10.9. The van der Waals surface area contributed by atoms with Gasteiger partial charge in [-0.15, -0.1) is 0 Å². The van der Waals surface area contributed by atoms with Crippen LogP contribution in [0.4, 0.5) is 0 Å². The highest BCUT2D eigenvalue weighted by molar-refractivity contribution is 7.99. The fraction of sp³-hybridized carbons (Fsp3) is 1.00. The lowest BCUT2D eigenvalue weighted by Gasteiger charge is -2.24. The molecule has 90 valence electrons. The van der Waals surface area contributed by atoms with Crippen LogP contribution < -0.4 is 5.32 Å². The van der Waals surface area contributed by atoms with Gasteiger partial charge in [0.25, 0.3) is 0 Å². The molecule has 0 bridgehead atoms. The Labute approximate surface area is 98.5 Å². The predicted molar refractivity (Wildman–Crippen MR) is 68.6 cm³/mol. The van der Waals surface area contributed by atoms with E-state index in [1.807, 2.05) is 11.8 Å². The van der Waals surface area contributed by atoms with Crippen molar-refractivity contribution in [3.05, 3.63) is 0 Å². The van der Waals surface area contributed by atoms with Gasteiger partial charge in [-0.3, -0.25) is 0 Å². The van der Waals surface area contributed by atoms with E-state index in [0.29, 0.717) is 6.04 Å². The van der Waals surface area contributed by atoms with E-state index in [1.54, 1.807) is 0 Å². The van der Waals surface area contributed by atoms with Gasteiger partial charge in [-0.2, -0.15) is 11.8 Å². The predicted octanol–water partition coefficient (Wildman–Crippen LogP) is 2.53. The van der Waals surface area contributed by atoms with Crippen molar-refractivity contribution < 1.29 is 4.74 Å². The van der Waals surface area contributed by atoms with Gasteiger partial charge in [-0.05, 0) is 43.6 Å². The minimum Gasteiger partial charge on any atom is -0.381 e. The Bertz CT molecular complexity index is 149. The Morgan fingerprint density at radius 2 is 2.40 bits per heavy atom. The first-order valence-electron chi connectivity index (χ1n) is 6.21. The molecule has 0 radical (unpaired) electrons. The summed E-state index contributed by atoms with van der Waals surface area (Å²) < 4.78 is 5.47. The summed E-state index contributed by atoms with van der Waals surface area (Å²) in [5, 5.41) is 3.62. The van der Waals surface area contributed by atoms with Crippen LogP contribution in [0.25, 0.3) is 0 Å². The molecule has 1 N–H and O–H groups in total. The molecule has 0 aromatic heterocycles. The molecule has 0 aromatic rings. The third-order valence-electron chi connectivity index (χ3n) is 2.91. The highest BCUT2D eigenvalue weighted by atomic mass is 32.2. The molecule has 15 heavy (non-hydrogen) atoms. The number of hydrogen-bond donors (Lipinski definition) is 1. The molecule has 1 aliphatic rings. The topological polar surface area (TPSA) is 21.3 Å². The van der Waals surface area contributed by atoms with Crippen molar-refractivity contribution in [2.24, 2.45) is 5.92 Å². The number of rotatable bonds is 7. The Balaban J connectivity index is 1.97. The van der Waals surface area contributed by atoms with Gasteiger partial charge in [0, 0.05) is 19.2 Å². The number of thioether (sulfide) groups is 1. The number of nitrogens with one attached hydrogen (secondary N) is 1. The van der Waals surface area contributed by atoms with Gasteiger partial charge in [0.15, 0.2) is 0 Å². The van der Waals surface area contributed by atoms with E-state index in [4.69, 9.17) is 4.74 Å². The molecule has 1 rings (SSSR count). The first-order valence-corrected chi connectivity index (χ1v) is 7.37. The summed E-state index contributed by atoms with van der Waals surface area (Å²) in [6.07, 6.45) is 3.86. The lowest BCUT2D eigenvalue weighted by molar-refractivity contribution is 0.0540. The Kier molecular flexibility index (Phi) is 7.49. The Morgan fingerprint density at radius 3 is 3.07 bits per heavy atom. The molecule has 1 heterocycles. The van der Waals surface area contributed by atoms with Crippen LogP contribution in [0.3, 0.4) is 0 Å². The lowest BCUT2D eigenvalue weighted by Crippen LogP contribution is -2.34. The van der Waals surface area contributed by atoms with Crippen LogP contribution in [0.15, 0.2) is 0 Å². The van der Waals surface area contributed by atoms with Crippen molar-refractivity contribution in [2.45, 2.75) is 39.2 Å². The minimum atomic E-state index is 0.658. The molecule has 1 aliphatic heterocycles. The zero-order valence-electron chi connectivity index (χ0n) is 10.1. The van der Waals surface area contributed by atoms with Crippen LogP contribution in [0.5, 0.6) is 0 Å². The fourth-order valence-corrected chi connectivity index (χ4v) is 2.65. The van der Waals surface area contributed by atoms with E-state index >= 15 is 0 Å². The quantitative estimate of drug-likeness (QED) is 0.680. The van der Waals surface area contributed by atoms with Gasteiger partial charge in [0.05, 0.1) is 6.61 Å². The fourth-order valence-electron chi connectivity index (χ4n) is 1.84. The summed E-state index contributed by atoms with van der Waals surface area (Å²) in [5.41, 5.74) is 0. The van der Waals surface area contributed by atoms with Gasteiger partial charge in [-0.25, -0.2) is 0 Å². The average molecular weight is 231 g/mol. The van der Waals surface area contributed by atoms with Crippen molar-refractivity contribution in [1.29, 1.82) is 0 Å². The molecular weight excluding hydrogens is 206 g/mol. The van der Waals surface area contributed by atoms with Crippen LogP contribution >= 0.6 is 11.8 Å². The van der Waals surface area contributed by atoms with Crippen molar-refractivity contribution in [2.75, 3.05) is 31.3 Å². The summed E-state index contributed by atoms with van der Waals surface area (Å²) >= 11 is 2.03. The van der Waals surface area contributed by atoms with Gasteiger partial charge >= 0.3 is 0 Å². The van der Waals surface area contributed by atoms with Crippen LogP contribution in [0.1, 0.15) is 33.1 Å². The summed E-state index contributed by atoms with van der Waals surface area (Å²) in [6.45, 7) is 7.59. The van der Waals surface area contributed by atoms with E-state index < -0.39 is 0 Å². The van der Waals surface area contributed by atoms with Gasteiger partial charge in [0.2, 0.25) is 0 Å². The lowest BCUT2D eigenvalue weighted by atomic mass is 10.0. The van der Waals surface area contributed by atoms with Crippen molar-refractivity contribution in [3.8, 4) is 0 Å². The summed E-state index contributed by atoms with van der Waals surface area (Å²) in [7, 11) is 0. The van der Waals surface area contributed by atoms with Gasteiger partial charge in [-0.1, -0.05) is 6.92 Å². The molecule has 1 saturated heterocycles. The smallest absolute Gasteiger partial charge is 0.0506 e. The second-order valence-corrected chi connectivity index (χ2v) is 5.77. The highest BCUT2D eigenvalue weighted by Crippen LogP contribution is 2.12. The maximum Gasteiger partial charge on any atom is 0.0506 e. The molecule has 2 unspecified atom stereocenters. The molecule has 0 saturated carbocycles. The molecule has 3 heteroatoms. The SMILES string of the molecule is CCSCCC(C)NCC1CCCOC1. The highest BCUT2D eigenvalue weighted by Gasteiger charge is 2.14.